The van der Waals surface area contributed by atoms with E-state index in [1.165, 1.54) is 4.88 Å². The molecule has 0 saturated heterocycles. The highest BCUT2D eigenvalue weighted by molar-refractivity contribution is 7.09. The van der Waals surface area contributed by atoms with Crippen LogP contribution in [0.1, 0.15) is 17.4 Å². The summed E-state index contributed by atoms with van der Waals surface area (Å²) in [4.78, 5) is 3.75. The molecule has 0 aliphatic heterocycles. The summed E-state index contributed by atoms with van der Waals surface area (Å²) in [6, 6.07) is 10.6. The van der Waals surface area contributed by atoms with E-state index in [4.69, 9.17) is 10.5 Å². The molecule has 0 spiro atoms. The topological polar surface area (TPSA) is 38.5 Å². The van der Waals surface area contributed by atoms with Crippen LogP contribution in [0.25, 0.3) is 0 Å². The Bertz CT molecular complexity index is 539. The largest absolute Gasteiger partial charge is 0.496 e. The van der Waals surface area contributed by atoms with Crippen LogP contribution in [0.3, 0.4) is 0 Å². The van der Waals surface area contributed by atoms with Crippen molar-refractivity contribution in [2.45, 2.75) is 25.9 Å². The number of hydrogen-bond donors (Lipinski definition) is 1. The third-order valence-corrected chi connectivity index (χ3v) is 4.45. The van der Waals surface area contributed by atoms with Crippen LogP contribution in [0.15, 0.2) is 35.7 Å². The number of benzene rings is 1. The fourth-order valence-corrected chi connectivity index (χ4v) is 3.05. The van der Waals surface area contributed by atoms with Gasteiger partial charge >= 0.3 is 0 Å². The number of ether oxygens (including phenoxy) is 1. The Balaban J connectivity index is 2.03. The first kappa shape index (κ1) is 14.9. The average Bonchev–Trinajstić information content (AvgIpc) is 2.91. The zero-order chi connectivity index (χ0) is 14.5. The predicted octanol–water partition coefficient (Wildman–Crippen LogP) is 3.40. The SMILES string of the molecule is COc1ccc(N)cc1CN(C)C(C)Cc1cccs1. The van der Waals surface area contributed by atoms with E-state index in [1.807, 2.05) is 29.5 Å². The van der Waals surface area contributed by atoms with Crippen molar-refractivity contribution in [3.05, 3.63) is 46.2 Å². The highest BCUT2D eigenvalue weighted by Gasteiger charge is 2.13. The van der Waals surface area contributed by atoms with Crippen LogP contribution in [0.2, 0.25) is 0 Å². The van der Waals surface area contributed by atoms with Gasteiger partial charge in [0.15, 0.2) is 0 Å². The van der Waals surface area contributed by atoms with Crippen molar-refractivity contribution in [2.75, 3.05) is 19.9 Å². The second kappa shape index (κ2) is 6.77. The van der Waals surface area contributed by atoms with E-state index < -0.39 is 0 Å². The van der Waals surface area contributed by atoms with Crippen LogP contribution in [-0.2, 0) is 13.0 Å². The molecule has 0 saturated carbocycles. The van der Waals surface area contributed by atoms with Gasteiger partial charge in [-0.2, -0.15) is 0 Å². The fourth-order valence-electron chi connectivity index (χ4n) is 2.22. The standard InChI is InChI=1S/C16H22N2OS/c1-12(9-15-5-4-8-20-15)18(2)11-13-10-14(17)6-7-16(13)19-3/h4-8,10,12H,9,11,17H2,1-3H3. The number of nitrogens with two attached hydrogens (primary N) is 1. The first-order valence-corrected chi connectivity index (χ1v) is 7.63. The Labute approximate surface area is 125 Å². The molecule has 0 amide bonds. The molecule has 3 nitrogen and oxygen atoms in total. The van der Waals surface area contributed by atoms with Crippen molar-refractivity contribution >= 4 is 17.0 Å². The molecule has 1 aromatic heterocycles. The van der Waals surface area contributed by atoms with E-state index in [9.17, 15) is 0 Å². The van der Waals surface area contributed by atoms with Gasteiger partial charge in [0.2, 0.25) is 0 Å². The van der Waals surface area contributed by atoms with Crippen molar-refractivity contribution in [1.82, 2.24) is 4.90 Å². The summed E-state index contributed by atoms with van der Waals surface area (Å²) in [6.07, 6.45) is 1.07. The lowest BCUT2D eigenvalue weighted by molar-refractivity contribution is 0.245. The molecule has 108 valence electrons. The van der Waals surface area contributed by atoms with E-state index in [1.54, 1.807) is 7.11 Å². The van der Waals surface area contributed by atoms with Crippen molar-refractivity contribution in [3.63, 3.8) is 0 Å². The summed E-state index contributed by atoms with van der Waals surface area (Å²) < 4.78 is 5.41. The van der Waals surface area contributed by atoms with Crippen LogP contribution in [0, 0.1) is 0 Å². The maximum atomic E-state index is 5.87. The van der Waals surface area contributed by atoms with Crippen molar-refractivity contribution in [3.8, 4) is 5.75 Å². The van der Waals surface area contributed by atoms with Gasteiger partial charge in [0, 0.05) is 28.7 Å². The molecule has 0 fully saturated rings. The van der Waals surface area contributed by atoms with Crippen molar-refractivity contribution in [1.29, 1.82) is 0 Å². The number of thiophene rings is 1. The van der Waals surface area contributed by atoms with Gasteiger partial charge in [0.1, 0.15) is 5.75 Å². The molecule has 0 bridgehead atoms. The molecule has 1 unspecified atom stereocenters. The Morgan fingerprint density at radius 3 is 2.80 bits per heavy atom. The van der Waals surface area contributed by atoms with Gasteiger partial charge < -0.3 is 10.5 Å². The van der Waals surface area contributed by atoms with E-state index >= 15 is 0 Å². The van der Waals surface area contributed by atoms with Gasteiger partial charge in [-0.05, 0) is 50.0 Å². The number of nitrogens with zero attached hydrogens (tertiary/aromatic N) is 1. The lowest BCUT2D eigenvalue weighted by atomic mass is 10.1. The van der Waals surface area contributed by atoms with Crippen LogP contribution in [0.4, 0.5) is 5.69 Å². The fraction of sp³-hybridized carbons (Fsp3) is 0.375. The molecule has 0 aliphatic rings. The van der Waals surface area contributed by atoms with Crippen molar-refractivity contribution in [2.24, 2.45) is 0 Å². The van der Waals surface area contributed by atoms with E-state index in [0.717, 1.165) is 30.0 Å². The molecule has 2 aromatic rings. The Morgan fingerprint density at radius 2 is 2.15 bits per heavy atom. The zero-order valence-corrected chi connectivity index (χ0v) is 13.1. The second-order valence-corrected chi connectivity index (χ2v) is 6.15. The molecule has 1 aromatic carbocycles. The second-order valence-electron chi connectivity index (χ2n) is 5.12. The van der Waals surface area contributed by atoms with Crippen LogP contribution in [0.5, 0.6) is 5.75 Å². The molecule has 2 rings (SSSR count). The molecule has 1 heterocycles. The van der Waals surface area contributed by atoms with Crippen LogP contribution in [-0.4, -0.2) is 25.1 Å². The number of likely N-dealkylation sites (N-methyl/N-ethyl adjacent to an activating group) is 1. The molecule has 0 radical (unpaired) electrons. The van der Waals surface area contributed by atoms with Gasteiger partial charge in [-0.3, -0.25) is 4.90 Å². The van der Waals surface area contributed by atoms with Gasteiger partial charge in [-0.15, -0.1) is 11.3 Å². The van der Waals surface area contributed by atoms with E-state index in [2.05, 4.69) is 36.4 Å². The number of methoxy groups -OCH3 is 1. The van der Waals surface area contributed by atoms with E-state index in [0.29, 0.717) is 6.04 Å². The lowest BCUT2D eigenvalue weighted by Gasteiger charge is -2.25. The molecular formula is C16H22N2OS. The highest BCUT2D eigenvalue weighted by Crippen LogP contribution is 2.23. The third-order valence-electron chi connectivity index (χ3n) is 3.55. The third kappa shape index (κ3) is 3.74. The quantitative estimate of drug-likeness (QED) is 0.829. The van der Waals surface area contributed by atoms with Crippen molar-refractivity contribution < 1.29 is 4.74 Å². The van der Waals surface area contributed by atoms with Crippen LogP contribution >= 0.6 is 11.3 Å². The molecule has 1 atom stereocenters. The zero-order valence-electron chi connectivity index (χ0n) is 12.3. The Hall–Kier alpha value is -1.52. The van der Waals surface area contributed by atoms with Gasteiger partial charge in [0.25, 0.3) is 0 Å². The van der Waals surface area contributed by atoms with Gasteiger partial charge in [-0.1, -0.05) is 6.07 Å². The van der Waals surface area contributed by atoms with Gasteiger partial charge in [-0.25, -0.2) is 0 Å². The minimum atomic E-state index is 0.472. The normalized spacial score (nSPS) is 12.6. The minimum absolute atomic E-state index is 0.472. The molecule has 0 aliphatic carbocycles. The summed E-state index contributed by atoms with van der Waals surface area (Å²) in [6.45, 7) is 3.08. The van der Waals surface area contributed by atoms with Crippen LogP contribution < -0.4 is 10.5 Å². The number of rotatable bonds is 6. The summed E-state index contributed by atoms with van der Waals surface area (Å²) in [5.74, 6) is 0.898. The minimum Gasteiger partial charge on any atom is -0.496 e. The summed E-state index contributed by atoms with van der Waals surface area (Å²) in [7, 11) is 3.84. The molecule has 4 heteroatoms. The molecule has 20 heavy (non-hydrogen) atoms. The maximum Gasteiger partial charge on any atom is 0.123 e. The Morgan fingerprint density at radius 1 is 1.35 bits per heavy atom. The van der Waals surface area contributed by atoms with E-state index in [-0.39, 0.29) is 0 Å². The average molecular weight is 290 g/mol. The monoisotopic (exact) mass is 290 g/mol. The number of hydrogen-bond acceptors (Lipinski definition) is 4. The first-order valence-electron chi connectivity index (χ1n) is 6.75. The smallest absolute Gasteiger partial charge is 0.123 e. The summed E-state index contributed by atoms with van der Waals surface area (Å²) in [5, 5.41) is 2.13. The molecular weight excluding hydrogens is 268 g/mol. The summed E-state index contributed by atoms with van der Waals surface area (Å²) >= 11 is 1.81. The lowest BCUT2D eigenvalue weighted by Crippen LogP contribution is -2.30. The predicted molar refractivity (Wildman–Crippen MR) is 86.4 cm³/mol. The summed E-state index contributed by atoms with van der Waals surface area (Å²) in [5.41, 5.74) is 7.78. The highest BCUT2D eigenvalue weighted by atomic mass is 32.1. The maximum absolute atomic E-state index is 5.87. The number of nitrogen functional groups attached to an aromatic ring is 1. The Kier molecular flexibility index (Phi) is 5.04. The van der Waals surface area contributed by atoms with Gasteiger partial charge in [0.05, 0.1) is 7.11 Å². The first-order chi connectivity index (χ1) is 9.60. The molecule has 2 N–H and O–H groups in total. The number of anilines is 1.